The predicted octanol–water partition coefficient (Wildman–Crippen LogP) is 1.46. The van der Waals surface area contributed by atoms with Crippen molar-refractivity contribution in [3.8, 4) is 0 Å². The first-order valence-electron chi connectivity index (χ1n) is 11.4. The van der Waals surface area contributed by atoms with Crippen LogP contribution < -0.4 is 5.56 Å². The molecule has 14 heteroatoms. The highest BCUT2D eigenvalue weighted by atomic mass is 32.2. The second kappa shape index (κ2) is 9.85. The first-order chi connectivity index (χ1) is 17.3. The SMILES string of the molecule is CC1=NN(CCCS(=O)(=O)O)C(=O)C1=C1C=C(c2c(C)[nH]n(CCCS(=O)(=O)O)c2=O)c2ccccc21. The lowest BCUT2D eigenvalue weighted by molar-refractivity contribution is -0.125. The normalized spacial score (nSPS) is 17.8. The van der Waals surface area contributed by atoms with E-state index in [1.54, 1.807) is 19.9 Å². The molecule has 0 saturated heterocycles. The molecule has 1 aromatic carbocycles. The molecular formula is C23H26N4O8S2. The Bertz CT molecular complexity index is 1640. The quantitative estimate of drug-likeness (QED) is 0.310. The fourth-order valence-electron chi connectivity index (χ4n) is 4.57. The number of fused-ring (bicyclic) bond motifs is 1. The summed E-state index contributed by atoms with van der Waals surface area (Å²) in [5.74, 6) is -1.38. The monoisotopic (exact) mass is 550 g/mol. The van der Waals surface area contributed by atoms with Gasteiger partial charge < -0.3 is 0 Å². The number of aromatic nitrogens is 2. The summed E-state index contributed by atoms with van der Waals surface area (Å²) >= 11 is 0. The van der Waals surface area contributed by atoms with Crippen molar-refractivity contribution in [1.29, 1.82) is 0 Å². The minimum absolute atomic E-state index is 0.0101. The van der Waals surface area contributed by atoms with Gasteiger partial charge in [-0.2, -0.15) is 21.9 Å². The molecule has 2 aliphatic rings. The molecule has 2 heterocycles. The number of aromatic amines is 1. The van der Waals surface area contributed by atoms with E-state index in [2.05, 4.69) is 10.2 Å². The Balaban J connectivity index is 1.71. The summed E-state index contributed by atoms with van der Waals surface area (Å²) in [7, 11) is -8.31. The molecule has 1 amide bonds. The summed E-state index contributed by atoms with van der Waals surface area (Å²) in [6.45, 7) is 3.46. The van der Waals surface area contributed by atoms with Crippen molar-refractivity contribution in [3.63, 3.8) is 0 Å². The zero-order valence-electron chi connectivity index (χ0n) is 20.1. The van der Waals surface area contributed by atoms with Crippen molar-refractivity contribution >= 4 is 43.0 Å². The van der Waals surface area contributed by atoms with Crippen LogP contribution in [0.25, 0.3) is 11.1 Å². The van der Waals surface area contributed by atoms with Crippen LogP contribution in [-0.2, 0) is 31.6 Å². The maximum Gasteiger partial charge on any atom is 0.276 e. The number of hydrazone groups is 1. The number of aryl methyl sites for hydroxylation is 2. The molecule has 0 radical (unpaired) electrons. The van der Waals surface area contributed by atoms with Crippen LogP contribution in [0.4, 0.5) is 0 Å². The standard InChI is InChI=1S/C23H26N4O8S2/c1-14-20(22(28)26(24-14)9-5-11-36(30,31)32)18-13-19(17-8-4-3-7-16(17)18)21-15(2)25-27(23(21)29)10-6-12-37(33,34)35/h3-4,7-8,13,24H,5-6,9-12H2,1-2H3,(H,30,31,32)(H,33,34,35). The van der Waals surface area contributed by atoms with Crippen LogP contribution in [0.2, 0.25) is 0 Å². The van der Waals surface area contributed by atoms with Gasteiger partial charge in [-0.25, -0.2) is 5.01 Å². The Hall–Kier alpha value is -3.33. The summed E-state index contributed by atoms with van der Waals surface area (Å²) in [6.07, 6.45) is 1.81. The second-order valence-electron chi connectivity index (χ2n) is 8.85. The van der Waals surface area contributed by atoms with Gasteiger partial charge in [0.1, 0.15) is 0 Å². The van der Waals surface area contributed by atoms with Crippen molar-refractivity contribution in [2.24, 2.45) is 5.10 Å². The van der Waals surface area contributed by atoms with Crippen molar-refractivity contribution in [1.82, 2.24) is 14.8 Å². The maximum absolute atomic E-state index is 13.2. The maximum atomic E-state index is 13.2. The van der Waals surface area contributed by atoms with Gasteiger partial charge in [-0.15, -0.1) is 0 Å². The third kappa shape index (κ3) is 5.66. The molecule has 1 aliphatic heterocycles. The predicted molar refractivity (Wildman–Crippen MR) is 137 cm³/mol. The number of amides is 1. The summed E-state index contributed by atoms with van der Waals surface area (Å²) in [5, 5.41) is 8.40. The van der Waals surface area contributed by atoms with Crippen LogP contribution >= 0.6 is 0 Å². The van der Waals surface area contributed by atoms with E-state index in [0.717, 1.165) is 11.1 Å². The summed E-state index contributed by atoms with van der Waals surface area (Å²) in [5.41, 5.74) is 3.97. The zero-order valence-corrected chi connectivity index (χ0v) is 21.8. The number of rotatable bonds is 9. The minimum Gasteiger partial charge on any atom is -0.299 e. The van der Waals surface area contributed by atoms with Gasteiger partial charge in [0.2, 0.25) is 0 Å². The van der Waals surface area contributed by atoms with Gasteiger partial charge in [-0.1, -0.05) is 24.3 Å². The fraction of sp³-hybridized carbons (Fsp3) is 0.348. The molecule has 0 atom stereocenters. The molecule has 4 rings (SSSR count). The molecule has 0 spiro atoms. The number of carbonyl (C=O) groups is 1. The number of nitrogens with one attached hydrogen (secondary N) is 1. The van der Waals surface area contributed by atoms with E-state index in [1.165, 1.54) is 9.69 Å². The summed E-state index contributed by atoms with van der Waals surface area (Å²) in [4.78, 5) is 26.5. The van der Waals surface area contributed by atoms with Crippen molar-refractivity contribution in [2.45, 2.75) is 33.2 Å². The van der Waals surface area contributed by atoms with Crippen LogP contribution in [-0.4, -0.2) is 70.4 Å². The topological polar surface area (TPSA) is 179 Å². The van der Waals surface area contributed by atoms with E-state index in [1.807, 2.05) is 24.3 Å². The summed E-state index contributed by atoms with van der Waals surface area (Å²) < 4.78 is 63.3. The number of hydrogen-bond donors (Lipinski definition) is 3. The number of hydrogen-bond acceptors (Lipinski definition) is 7. The highest BCUT2D eigenvalue weighted by molar-refractivity contribution is 7.86. The lowest BCUT2D eigenvalue weighted by Gasteiger charge is -2.11. The number of benzene rings is 1. The second-order valence-corrected chi connectivity index (χ2v) is 12.0. The average Bonchev–Trinajstić information content (AvgIpc) is 3.37. The Morgan fingerprint density at radius 1 is 0.919 bits per heavy atom. The molecule has 0 bridgehead atoms. The first kappa shape index (κ1) is 26.7. The smallest absolute Gasteiger partial charge is 0.276 e. The van der Waals surface area contributed by atoms with Crippen molar-refractivity contribution in [2.75, 3.05) is 18.1 Å². The number of H-pyrrole nitrogens is 1. The van der Waals surface area contributed by atoms with E-state index in [9.17, 15) is 26.4 Å². The highest BCUT2D eigenvalue weighted by Crippen LogP contribution is 2.41. The largest absolute Gasteiger partial charge is 0.299 e. The molecule has 0 saturated carbocycles. The minimum atomic E-state index is -4.16. The number of allylic oxidation sites excluding steroid dienone is 2. The molecule has 198 valence electrons. The van der Waals surface area contributed by atoms with Crippen LogP contribution in [0.1, 0.15) is 42.1 Å². The molecule has 37 heavy (non-hydrogen) atoms. The van der Waals surface area contributed by atoms with Gasteiger partial charge in [-0.05, 0) is 55.0 Å². The van der Waals surface area contributed by atoms with Crippen molar-refractivity contribution < 1.29 is 30.7 Å². The van der Waals surface area contributed by atoms with Gasteiger partial charge >= 0.3 is 0 Å². The molecule has 3 N–H and O–H groups in total. The molecule has 2 aromatic rings. The Labute approximate surface area is 213 Å². The Morgan fingerprint density at radius 3 is 2.14 bits per heavy atom. The van der Waals surface area contributed by atoms with Crippen LogP contribution in [0.15, 0.2) is 45.8 Å². The molecule has 0 unspecified atom stereocenters. The fourth-order valence-corrected chi connectivity index (χ4v) is 5.56. The Morgan fingerprint density at radius 2 is 1.51 bits per heavy atom. The number of nitrogens with zero attached hydrogens (tertiary/aromatic N) is 3. The van der Waals surface area contributed by atoms with Crippen LogP contribution in [0, 0.1) is 6.92 Å². The zero-order chi connectivity index (χ0) is 27.1. The van der Waals surface area contributed by atoms with E-state index < -0.39 is 37.6 Å². The number of carbonyl (C=O) groups excluding carboxylic acids is 1. The van der Waals surface area contributed by atoms with Crippen LogP contribution in [0.5, 0.6) is 0 Å². The average molecular weight is 551 g/mol. The Kier molecular flexibility index (Phi) is 7.12. The first-order valence-corrected chi connectivity index (χ1v) is 14.6. The van der Waals surface area contributed by atoms with Gasteiger partial charge in [0.25, 0.3) is 31.7 Å². The van der Waals surface area contributed by atoms with Crippen molar-refractivity contribution in [3.05, 3.63) is 68.7 Å². The molecule has 0 fully saturated rings. The molecular weight excluding hydrogens is 524 g/mol. The highest BCUT2D eigenvalue weighted by Gasteiger charge is 2.34. The van der Waals surface area contributed by atoms with E-state index in [-0.39, 0.29) is 31.5 Å². The van der Waals surface area contributed by atoms with E-state index >= 15 is 0 Å². The third-order valence-corrected chi connectivity index (χ3v) is 7.72. The third-order valence-electron chi connectivity index (χ3n) is 6.11. The lowest BCUT2D eigenvalue weighted by atomic mass is 9.97. The molecule has 1 aromatic heterocycles. The van der Waals surface area contributed by atoms with Gasteiger partial charge in [0, 0.05) is 18.8 Å². The molecule has 1 aliphatic carbocycles. The lowest BCUT2D eigenvalue weighted by Crippen LogP contribution is -2.25. The van der Waals surface area contributed by atoms with E-state index in [0.29, 0.717) is 33.7 Å². The van der Waals surface area contributed by atoms with Gasteiger partial charge in [0.05, 0.1) is 28.4 Å². The van der Waals surface area contributed by atoms with Crippen LogP contribution in [0.3, 0.4) is 0 Å². The van der Waals surface area contributed by atoms with E-state index in [4.69, 9.17) is 9.11 Å². The summed E-state index contributed by atoms with van der Waals surface area (Å²) in [6, 6.07) is 7.28. The van der Waals surface area contributed by atoms with Gasteiger partial charge in [-0.3, -0.25) is 28.5 Å². The van der Waals surface area contributed by atoms with Gasteiger partial charge in [0.15, 0.2) is 0 Å². The molecule has 12 nitrogen and oxygen atoms in total.